The number of rotatable bonds is 2. The van der Waals surface area contributed by atoms with Gasteiger partial charge < -0.3 is 14.9 Å². The molecule has 96 valence electrons. The molecule has 0 aromatic heterocycles. The second-order valence-electron chi connectivity index (χ2n) is 5.23. The number of nitrogens with zero attached hydrogens (tertiary/aromatic N) is 2. The van der Waals surface area contributed by atoms with E-state index < -0.39 is 11.5 Å². The molecule has 2 aliphatic rings. The second-order valence-corrected chi connectivity index (χ2v) is 5.23. The van der Waals surface area contributed by atoms with Crippen molar-refractivity contribution in [2.45, 2.75) is 38.1 Å². The van der Waals surface area contributed by atoms with Crippen LogP contribution in [0.15, 0.2) is 0 Å². The number of amides is 2. The molecule has 5 nitrogen and oxygen atoms in total. The Morgan fingerprint density at radius 2 is 2.12 bits per heavy atom. The van der Waals surface area contributed by atoms with Crippen LogP contribution in [0.3, 0.4) is 0 Å². The standard InChI is InChI=1S/C12H20N2O3/c1-9-5-3-4-6-12(9,10(15)16)14-8-7-13(2)11(14)17/h9H,3-8H2,1-2H3,(H,15,16). The lowest BCUT2D eigenvalue weighted by molar-refractivity contribution is -0.155. The molecule has 0 aromatic carbocycles. The van der Waals surface area contributed by atoms with E-state index in [0.717, 1.165) is 19.3 Å². The quantitative estimate of drug-likeness (QED) is 0.793. The summed E-state index contributed by atoms with van der Waals surface area (Å²) in [6.07, 6.45) is 3.43. The van der Waals surface area contributed by atoms with Crippen molar-refractivity contribution in [2.24, 2.45) is 5.92 Å². The molecule has 0 spiro atoms. The van der Waals surface area contributed by atoms with E-state index in [0.29, 0.717) is 19.5 Å². The molecule has 1 aliphatic carbocycles. The van der Waals surface area contributed by atoms with Crippen LogP contribution in [-0.2, 0) is 4.79 Å². The van der Waals surface area contributed by atoms with Gasteiger partial charge in [-0.3, -0.25) is 0 Å². The molecular weight excluding hydrogens is 220 g/mol. The van der Waals surface area contributed by atoms with Gasteiger partial charge in [-0.15, -0.1) is 0 Å². The van der Waals surface area contributed by atoms with E-state index in [1.807, 2.05) is 6.92 Å². The van der Waals surface area contributed by atoms with Crippen molar-refractivity contribution < 1.29 is 14.7 Å². The molecule has 1 N–H and O–H groups in total. The summed E-state index contributed by atoms with van der Waals surface area (Å²) >= 11 is 0. The number of urea groups is 1. The molecule has 2 fully saturated rings. The van der Waals surface area contributed by atoms with Crippen LogP contribution < -0.4 is 0 Å². The van der Waals surface area contributed by atoms with Crippen molar-refractivity contribution in [3.05, 3.63) is 0 Å². The van der Waals surface area contributed by atoms with Crippen LogP contribution in [-0.4, -0.2) is 52.6 Å². The molecule has 17 heavy (non-hydrogen) atoms. The molecule has 0 radical (unpaired) electrons. The zero-order valence-electron chi connectivity index (χ0n) is 10.5. The Bertz CT molecular complexity index is 345. The van der Waals surface area contributed by atoms with Crippen LogP contribution in [0, 0.1) is 5.92 Å². The van der Waals surface area contributed by atoms with E-state index in [1.165, 1.54) is 0 Å². The van der Waals surface area contributed by atoms with Gasteiger partial charge in [0.2, 0.25) is 0 Å². The summed E-state index contributed by atoms with van der Waals surface area (Å²) in [5.41, 5.74) is -0.972. The summed E-state index contributed by atoms with van der Waals surface area (Å²) in [6, 6.07) is -0.138. The summed E-state index contributed by atoms with van der Waals surface area (Å²) in [5, 5.41) is 9.61. The van der Waals surface area contributed by atoms with Gasteiger partial charge in [0.15, 0.2) is 0 Å². The minimum atomic E-state index is -0.972. The first-order chi connectivity index (χ1) is 8.00. The van der Waals surface area contributed by atoms with Crippen LogP contribution in [0.2, 0.25) is 0 Å². The minimum Gasteiger partial charge on any atom is -0.479 e. The van der Waals surface area contributed by atoms with E-state index in [4.69, 9.17) is 0 Å². The molecule has 1 saturated heterocycles. The maximum Gasteiger partial charge on any atom is 0.329 e. The first-order valence-electron chi connectivity index (χ1n) is 6.26. The van der Waals surface area contributed by atoms with E-state index in [1.54, 1.807) is 16.8 Å². The average molecular weight is 240 g/mol. The Hall–Kier alpha value is -1.26. The zero-order chi connectivity index (χ0) is 12.6. The summed E-state index contributed by atoms with van der Waals surface area (Å²) in [6.45, 7) is 3.12. The van der Waals surface area contributed by atoms with E-state index in [9.17, 15) is 14.7 Å². The molecule has 2 unspecified atom stereocenters. The molecule has 1 aliphatic heterocycles. The third kappa shape index (κ3) is 1.68. The van der Waals surface area contributed by atoms with Gasteiger partial charge in [0, 0.05) is 20.1 Å². The highest BCUT2D eigenvalue weighted by Crippen LogP contribution is 2.40. The number of carboxylic acid groups (broad SMARTS) is 1. The Morgan fingerprint density at radius 1 is 1.41 bits per heavy atom. The highest BCUT2D eigenvalue weighted by molar-refractivity contribution is 5.87. The van der Waals surface area contributed by atoms with Gasteiger partial charge in [-0.2, -0.15) is 0 Å². The third-order valence-corrected chi connectivity index (χ3v) is 4.33. The Kier molecular flexibility index (Phi) is 3.02. The summed E-state index contributed by atoms with van der Waals surface area (Å²) in [5.74, 6) is -0.808. The monoisotopic (exact) mass is 240 g/mol. The lowest BCUT2D eigenvalue weighted by atomic mass is 9.72. The van der Waals surface area contributed by atoms with Crippen molar-refractivity contribution in [1.29, 1.82) is 0 Å². The van der Waals surface area contributed by atoms with Crippen LogP contribution in [0.1, 0.15) is 32.6 Å². The molecule has 0 bridgehead atoms. The van der Waals surface area contributed by atoms with Gasteiger partial charge in [0.05, 0.1) is 0 Å². The Labute approximate surface area is 101 Å². The lowest BCUT2D eigenvalue weighted by Crippen LogP contribution is -2.61. The molecule has 0 aromatic rings. The molecular formula is C12H20N2O3. The van der Waals surface area contributed by atoms with Gasteiger partial charge in [0.25, 0.3) is 0 Å². The normalized spacial score (nSPS) is 34.2. The van der Waals surface area contributed by atoms with E-state index in [-0.39, 0.29) is 11.9 Å². The lowest BCUT2D eigenvalue weighted by Gasteiger charge is -2.45. The predicted molar refractivity (Wildman–Crippen MR) is 62.7 cm³/mol. The van der Waals surface area contributed by atoms with Crippen LogP contribution in [0.4, 0.5) is 4.79 Å². The van der Waals surface area contributed by atoms with E-state index >= 15 is 0 Å². The highest BCUT2D eigenvalue weighted by Gasteiger charge is 2.53. The number of hydrogen-bond donors (Lipinski definition) is 1. The largest absolute Gasteiger partial charge is 0.479 e. The van der Waals surface area contributed by atoms with Gasteiger partial charge in [0.1, 0.15) is 5.54 Å². The summed E-state index contributed by atoms with van der Waals surface area (Å²) < 4.78 is 0. The third-order valence-electron chi connectivity index (χ3n) is 4.33. The van der Waals surface area contributed by atoms with Gasteiger partial charge in [-0.25, -0.2) is 9.59 Å². The number of carbonyl (C=O) groups is 2. The first-order valence-corrected chi connectivity index (χ1v) is 6.26. The summed E-state index contributed by atoms with van der Waals surface area (Å²) in [4.78, 5) is 26.9. The molecule has 1 saturated carbocycles. The average Bonchev–Trinajstić information content (AvgIpc) is 2.61. The maximum absolute atomic E-state index is 12.0. The Morgan fingerprint density at radius 3 is 2.59 bits per heavy atom. The SMILES string of the molecule is CC1CCCCC1(C(=O)O)N1CCN(C)C1=O. The number of likely N-dealkylation sites (N-methyl/N-ethyl adjacent to an activating group) is 1. The first kappa shape index (κ1) is 12.2. The number of carboxylic acids is 1. The fourth-order valence-electron chi connectivity index (χ4n) is 3.18. The number of aliphatic carboxylic acids is 1. The van der Waals surface area contributed by atoms with Gasteiger partial charge in [-0.1, -0.05) is 19.8 Å². The van der Waals surface area contributed by atoms with Gasteiger partial charge >= 0.3 is 12.0 Å². The number of hydrogen-bond acceptors (Lipinski definition) is 2. The van der Waals surface area contributed by atoms with Crippen molar-refractivity contribution in [2.75, 3.05) is 20.1 Å². The highest BCUT2D eigenvalue weighted by atomic mass is 16.4. The molecule has 2 atom stereocenters. The van der Waals surface area contributed by atoms with Crippen molar-refractivity contribution in [1.82, 2.24) is 9.80 Å². The van der Waals surface area contributed by atoms with Crippen LogP contribution >= 0.6 is 0 Å². The molecule has 2 amide bonds. The van der Waals surface area contributed by atoms with Crippen LogP contribution in [0.25, 0.3) is 0 Å². The zero-order valence-corrected chi connectivity index (χ0v) is 10.5. The number of carbonyl (C=O) groups excluding carboxylic acids is 1. The fraction of sp³-hybridized carbons (Fsp3) is 0.833. The predicted octanol–water partition coefficient (Wildman–Crippen LogP) is 1.39. The maximum atomic E-state index is 12.0. The Balaban J connectivity index is 2.34. The van der Waals surface area contributed by atoms with Crippen LogP contribution in [0.5, 0.6) is 0 Å². The topological polar surface area (TPSA) is 60.9 Å². The minimum absolute atomic E-state index is 0.0317. The van der Waals surface area contributed by atoms with E-state index in [2.05, 4.69) is 0 Å². The van der Waals surface area contributed by atoms with Crippen molar-refractivity contribution >= 4 is 12.0 Å². The van der Waals surface area contributed by atoms with Crippen molar-refractivity contribution in [3.63, 3.8) is 0 Å². The fourth-order valence-corrected chi connectivity index (χ4v) is 3.18. The van der Waals surface area contributed by atoms with Crippen molar-refractivity contribution in [3.8, 4) is 0 Å². The molecule has 5 heteroatoms. The van der Waals surface area contributed by atoms with Gasteiger partial charge in [-0.05, 0) is 18.8 Å². The molecule has 2 rings (SSSR count). The second kappa shape index (κ2) is 4.20. The summed E-state index contributed by atoms with van der Waals surface area (Å²) in [7, 11) is 1.73. The molecule has 1 heterocycles. The smallest absolute Gasteiger partial charge is 0.329 e.